The Morgan fingerprint density at radius 3 is 1.74 bits per heavy atom. The predicted molar refractivity (Wildman–Crippen MR) is 88.2 cm³/mol. The van der Waals surface area contributed by atoms with Gasteiger partial charge in [-0.05, 0) is 12.8 Å². The lowest BCUT2D eigenvalue weighted by Crippen LogP contribution is -2.37. The number of hydrogen-bond acceptors (Lipinski definition) is 4. The molecule has 0 aromatic carbocycles. The fourth-order valence-corrected chi connectivity index (χ4v) is 2.51. The molecule has 23 heavy (non-hydrogen) atoms. The largest absolute Gasteiger partial charge is 0.481 e. The van der Waals surface area contributed by atoms with E-state index < -0.39 is 29.7 Å². The second-order valence-corrected chi connectivity index (χ2v) is 6.12. The molecule has 0 aliphatic rings. The summed E-state index contributed by atoms with van der Waals surface area (Å²) in [5, 5.41) is 17.8. The molecule has 0 saturated heterocycles. The minimum Gasteiger partial charge on any atom is -0.481 e. The zero-order chi connectivity index (χ0) is 17.7. The minimum absolute atomic E-state index is 0.180. The standard InChI is InChI=1S/C17H31NO5/c1-2-3-4-5-6-7-8-9-10-11-15(19)13(16(20)21)12-14(18)17(22)23/h13-14H,2-12,18H2,1H3,(H,20,21)(H,22,23)/t13?,14-/m0/s1. The van der Waals surface area contributed by atoms with E-state index >= 15 is 0 Å². The van der Waals surface area contributed by atoms with E-state index in [-0.39, 0.29) is 12.8 Å². The maximum absolute atomic E-state index is 11.9. The summed E-state index contributed by atoms with van der Waals surface area (Å²) < 4.78 is 0. The molecule has 1 unspecified atom stereocenters. The third kappa shape index (κ3) is 10.8. The number of rotatable bonds is 15. The molecule has 0 aliphatic heterocycles. The zero-order valence-corrected chi connectivity index (χ0v) is 14.1. The predicted octanol–water partition coefficient (Wildman–Crippen LogP) is 2.98. The van der Waals surface area contributed by atoms with E-state index in [0.717, 1.165) is 19.3 Å². The van der Waals surface area contributed by atoms with E-state index in [2.05, 4.69) is 6.92 Å². The Hall–Kier alpha value is -1.43. The number of Topliss-reactive ketones (excluding diaryl/α,β-unsaturated/α-hetero) is 1. The Labute approximate surface area is 138 Å². The molecule has 0 aromatic heterocycles. The number of ketones is 1. The fraction of sp³-hybridized carbons (Fsp3) is 0.824. The average molecular weight is 329 g/mol. The van der Waals surface area contributed by atoms with Crippen LogP contribution in [-0.4, -0.2) is 34.0 Å². The molecule has 0 radical (unpaired) electrons. The van der Waals surface area contributed by atoms with Gasteiger partial charge in [0.1, 0.15) is 17.7 Å². The van der Waals surface area contributed by atoms with Gasteiger partial charge in [-0.3, -0.25) is 14.4 Å². The van der Waals surface area contributed by atoms with Gasteiger partial charge in [-0.1, -0.05) is 58.3 Å². The summed E-state index contributed by atoms with van der Waals surface area (Å²) in [6.45, 7) is 2.19. The minimum atomic E-state index is -1.32. The fourth-order valence-electron chi connectivity index (χ4n) is 2.51. The van der Waals surface area contributed by atoms with Crippen molar-refractivity contribution in [3.63, 3.8) is 0 Å². The molecule has 0 rings (SSSR count). The molecule has 0 saturated carbocycles. The molecule has 0 bridgehead atoms. The second-order valence-electron chi connectivity index (χ2n) is 6.12. The van der Waals surface area contributed by atoms with Crippen molar-refractivity contribution in [1.29, 1.82) is 0 Å². The van der Waals surface area contributed by atoms with Crippen LogP contribution < -0.4 is 5.73 Å². The number of carbonyl (C=O) groups excluding carboxylic acids is 1. The van der Waals surface area contributed by atoms with Crippen molar-refractivity contribution in [3.8, 4) is 0 Å². The van der Waals surface area contributed by atoms with Gasteiger partial charge in [0.15, 0.2) is 0 Å². The van der Waals surface area contributed by atoms with Gasteiger partial charge in [-0.15, -0.1) is 0 Å². The molecule has 6 nitrogen and oxygen atoms in total. The Morgan fingerprint density at radius 1 is 0.826 bits per heavy atom. The van der Waals surface area contributed by atoms with E-state index in [0.29, 0.717) is 6.42 Å². The van der Waals surface area contributed by atoms with Crippen LogP contribution in [0, 0.1) is 5.92 Å². The van der Waals surface area contributed by atoms with Gasteiger partial charge >= 0.3 is 11.9 Å². The van der Waals surface area contributed by atoms with Crippen LogP contribution in [0.1, 0.15) is 77.6 Å². The third-order valence-corrected chi connectivity index (χ3v) is 4.02. The molecule has 134 valence electrons. The van der Waals surface area contributed by atoms with Gasteiger partial charge in [0.25, 0.3) is 0 Å². The Balaban J connectivity index is 3.88. The third-order valence-electron chi connectivity index (χ3n) is 4.02. The van der Waals surface area contributed by atoms with Gasteiger partial charge in [0.2, 0.25) is 0 Å². The zero-order valence-electron chi connectivity index (χ0n) is 14.1. The summed E-state index contributed by atoms with van der Waals surface area (Å²) in [4.78, 5) is 33.7. The van der Waals surface area contributed by atoms with Crippen LogP contribution >= 0.6 is 0 Å². The first-order valence-electron chi connectivity index (χ1n) is 8.64. The van der Waals surface area contributed by atoms with Crippen molar-refractivity contribution in [2.45, 2.75) is 83.6 Å². The van der Waals surface area contributed by atoms with Crippen molar-refractivity contribution in [2.24, 2.45) is 11.7 Å². The van der Waals surface area contributed by atoms with Crippen molar-refractivity contribution in [2.75, 3.05) is 0 Å². The topological polar surface area (TPSA) is 118 Å². The summed E-state index contributed by atoms with van der Waals surface area (Å²) in [6.07, 6.45) is 9.83. The van der Waals surface area contributed by atoms with Gasteiger partial charge in [0, 0.05) is 6.42 Å². The molecule has 6 heteroatoms. The highest BCUT2D eigenvalue weighted by molar-refractivity contribution is 5.98. The molecule has 0 aromatic rings. The quantitative estimate of drug-likeness (QED) is 0.314. The van der Waals surface area contributed by atoms with E-state index in [1.165, 1.54) is 32.1 Å². The number of aliphatic carboxylic acids is 2. The summed E-state index contributed by atoms with van der Waals surface area (Å²) in [7, 11) is 0. The molecular weight excluding hydrogens is 298 g/mol. The van der Waals surface area contributed by atoms with Crippen LogP contribution in [0.2, 0.25) is 0 Å². The van der Waals surface area contributed by atoms with Crippen LogP contribution in [0.25, 0.3) is 0 Å². The van der Waals surface area contributed by atoms with Crippen LogP contribution in [0.5, 0.6) is 0 Å². The van der Waals surface area contributed by atoms with Crippen LogP contribution in [-0.2, 0) is 14.4 Å². The smallest absolute Gasteiger partial charge is 0.320 e. The van der Waals surface area contributed by atoms with Gasteiger partial charge < -0.3 is 15.9 Å². The van der Waals surface area contributed by atoms with Crippen molar-refractivity contribution in [1.82, 2.24) is 0 Å². The lowest BCUT2D eigenvalue weighted by atomic mass is 9.92. The normalized spacial score (nSPS) is 13.5. The Bertz CT molecular complexity index is 370. The number of nitrogens with two attached hydrogens (primary N) is 1. The van der Waals surface area contributed by atoms with E-state index in [9.17, 15) is 14.4 Å². The molecule has 0 fully saturated rings. The number of carbonyl (C=O) groups is 3. The van der Waals surface area contributed by atoms with Gasteiger partial charge in [-0.2, -0.15) is 0 Å². The average Bonchev–Trinajstić information content (AvgIpc) is 2.49. The second kappa shape index (κ2) is 13.0. The molecule has 0 spiro atoms. The van der Waals surface area contributed by atoms with Crippen molar-refractivity contribution < 1.29 is 24.6 Å². The molecule has 4 N–H and O–H groups in total. The molecular formula is C17H31NO5. The summed E-state index contributed by atoms with van der Waals surface area (Å²) in [5.41, 5.74) is 5.32. The maximum Gasteiger partial charge on any atom is 0.320 e. The highest BCUT2D eigenvalue weighted by Crippen LogP contribution is 2.15. The van der Waals surface area contributed by atoms with Crippen molar-refractivity contribution in [3.05, 3.63) is 0 Å². The van der Waals surface area contributed by atoms with Crippen LogP contribution in [0.3, 0.4) is 0 Å². The number of carboxylic acid groups (broad SMARTS) is 2. The first-order valence-corrected chi connectivity index (χ1v) is 8.64. The van der Waals surface area contributed by atoms with Gasteiger partial charge in [-0.25, -0.2) is 0 Å². The van der Waals surface area contributed by atoms with Crippen molar-refractivity contribution >= 4 is 17.7 Å². The Morgan fingerprint density at radius 2 is 1.30 bits per heavy atom. The first-order chi connectivity index (χ1) is 10.9. The first kappa shape index (κ1) is 21.6. The Kier molecular flexibility index (Phi) is 12.2. The molecule has 0 aliphatic carbocycles. The number of unbranched alkanes of at least 4 members (excludes halogenated alkanes) is 8. The number of carboxylic acids is 2. The van der Waals surface area contributed by atoms with Gasteiger partial charge in [0.05, 0.1) is 0 Å². The SMILES string of the molecule is CCCCCCCCCCCC(=O)C(C[C@H](N)C(=O)O)C(=O)O. The lowest BCUT2D eigenvalue weighted by molar-refractivity contribution is -0.147. The van der Waals surface area contributed by atoms with E-state index in [1.807, 2.05) is 0 Å². The summed E-state index contributed by atoms with van der Waals surface area (Å²) in [6, 6.07) is -1.32. The summed E-state index contributed by atoms with van der Waals surface area (Å²) >= 11 is 0. The monoisotopic (exact) mass is 329 g/mol. The lowest BCUT2D eigenvalue weighted by Gasteiger charge is -2.13. The molecule has 0 amide bonds. The van der Waals surface area contributed by atoms with E-state index in [1.54, 1.807) is 0 Å². The van der Waals surface area contributed by atoms with E-state index in [4.69, 9.17) is 15.9 Å². The summed E-state index contributed by atoms with van der Waals surface area (Å²) in [5.74, 6) is -4.30. The van der Waals surface area contributed by atoms with Crippen LogP contribution in [0.15, 0.2) is 0 Å². The molecule has 2 atom stereocenters. The van der Waals surface area contributed by atoms with Crippen LogP contribution in [0.4, 0.5) is 0 Å². The number of hydrogen-bond donors (Lipinski definition) is 3. The maximum atomic E-state index is 11.9. The highest BCUT2D eigenvalue weighted by atomic mass is 16.4. The highest BCUT2D eigenvalue weighted by Gasteiger charge is 2.29. The molecule has 0 heterocycles.